The number of rotatable bonds is 8. The highest BCUT2D eigenvalue weighted by Gasteiger charge is 2.16. The highest BCUT2D eigenvalue weighted by molar-refractivity contribution is 7.89. The van der Waals surface area contributed by atoms with Crippen molar-refractivity contribution < 1.29 is 23.1 Å². The molecule has 134 valence electrons. The monoisotopic (exact) mass is 357 g/mol. The molecule has 0 spiro atoms. The second-order valence-corrected chi connectivity index (χ2v) is 7.36. The summed E-state index contributed by atoms with van der Waals surface area (Å²) >= 11 is 0. The molecule has 2 amide bonds. The first kappa shape index (κ1) is 19.9. The number of aliphatic carboxylic acids is 1. The smallest absolute Gasteiger partial charge is 0.317 e. The number of hydrogen-bond acceptors (Lipinski definition) is 4. The van der Waals surface area contributed by atoms with Crippen molar-refractivity contribution in [3.63, 3.8) is 0 Å². The van der Waals surface area contributed by atoms with Gasteiger partial charge < -0.3 is 15.3 Å². The molecule has 0 aromatic heterocycles. The van der Waals surface area contributed by atoms with Crippen molar-refractivity contribution in [2.75, 3.05) is 13.6 Å². The highest BCUT2D eigenvalue weighted by Crippen LogP contribution is 2.12. The maximum absolute atomic E-state index is 12.1. The standard InChI is InChI=1S/C15H23N3O5S/c1-11(2)17-24(22,23)13-6-4-5-12(9-13)10-16-15(21)18(3)8-7-14(19)20/h4-6,9,11,17H,7-8,10H2,1-3H3,(H,16,21)(H,19,20). The molecule has 0 radical (unpaired) electrons. The molecule has 0 saturated heterocycles. The molecule has 1 rings (SSSR count). The van der Waals surface area contributed by atoms with Crippen LogP contribution in [0.5, 0.6) is 0 Å². The maximum Gasteiger partial charge on any atom is 0.317 e. The van der Waals surface area contributed by atoms with Gasteiger partial charge in [-0.05, 0) is 31.5 Å². The van der Waals surface area contributed by atoms with Gasteiger partial charge in [-0.3, -0.25) is 4.79 Å². The lowest BCUT2D eigenvalue weighted by atomic mass is 10.2. The summed E-state index contributed by atoms with van der Waals surface area (Å²) in [6.45, 7) is 3.69. The van der Waals surface area contributed by atoms with Crippen LogP contribution >= 0.6 is 0 Å². The number of sulfonamides is 1. The third kappa shape index (κ3) is 6.55. The molecule has 0 fully saturated rings. The van der Waals surface area contributed by atoms with Gasteiger partial charge in [-0.1, -0.05) is 12.1 Å². The van der Waals surface area contributed by atoms with Crippen LogP contribution in [0.4, 0.5) is 4.79 Å². The lowest BCUT2D eigenvalue weighted by Crippen LogP contribution is -2.38. The van der Waals surface area contributed by atoms with Crippen LogP contribution in [0.1, 0.15) is 25.8 Å². The minimum atomic E-state index is -3.59. The number of carbonyl (C=O) groups excluding carboxylic acids is 1. The molecule has 1 aromatic rings. The van der Waals surface area contributed by atoms with E-state index in [1.807, 2.05) is 0 Å². The van der Waals surface area contributed by atoms with E-state index >= 15 is 0 Å². The molecule has 0 atom stereocenters. The van der Waals surface area contributed by atoms with Crippen molar-refractivity contribution in [2.24, 2.45) is 0 Å². The Labute approximate surface area is 141 Å². The van der Waals surface area contributed by atoms with Crippen molar-refractivity contribution in [1.29, 1.82) is 0 Å². The number of carboxylic acid groups (broad SMARTS) is 1. The quantitative estimate of drug-likeness (QED) is 0.642. The summed E-state index contributed by atoms with van der Waals surface area (Å²) in [5.74, 6) is -0.981. The summed E-state index contributed by atoms with van der Waals surface area (Å²) in [5, 5.41) is 11.2. The van der Waals surface area contributed by atoms with Crippen LogP contribution in [0.15, 0.2) is 29.2 Å². The zero-order chi connectivity index (χ0) is 18.3. The van der Waals surface area contributed by atoms with Crippen molar-refractivity contribution in [2.45, 2.75) is 37.8 Å². The first-order valence-electron chi connectivity index (χ1n) is 7.44. The van der Waals surface area contributed by atoms with Gasteiger partial charge in [-0.25, -0.2) is 17.9 Å². The molecule has 0 heterocycles. The van der Waals surface area contributed by atoms with E-state index in [0.717, 1.165) is 0 Å². The Morgan fingerprint density at radius 2 is 1.96 bits per heavy atom. The Hall–Kier alpha value is -2.13. The first-order chi connectivity index (χ1) is 11.1. The third-order valence-electron chi connectivity index (χ3n) is 3.05. The van der Waals surface area contributed by atoms with Gasteiger partial charge in [-0.15, -0.1) is 0 Å². The molecule has 0 unspecified atom stereocenters. The SMILES string of the molecule is CC(C)NS(=O)(=O)c1cccc(CNC(=O)N(C)CCC(=O)O)c1. The van der Waals surface area contributed by atoms with Gasteiger partial charge in [-0.2, -0.15) is 0 Å². The zero-order valence-electron chi connectivity index (χ0n) is 13.9. The number of urea groups is 1. The van der Waals surface area contributed by atoms with Gasteiger partial charge in [0.05, 0.1) is 11.3 Å². The van der Waals surface area contributed by atoms with E-state index in [9.17, 15) is 18.0 Å². The average Bonchev–Trinajstić information content (AvgIpc) is 2.49. The predicted molar refractivity (Wildman–Crippen MR) is 89.0 cm³/mol. The van der Waals surface area contributed by atoms with Crippen molar-refractivity contribution in [1.82, 2.24) is 14.9 Å². The van der Waals surface area contributed by atoms with E-state index in [-0.39, 0.29) is 30.4 Å². The number of amides is 2. The van der Waals surface area contributed by atoms with E-state index in [1.165, 1.54) is 24.1 Å². The van der Waals surface area contributed by atoms with Crippen LogP contribution in [0.3, 0.4) is 0 Å². The van der Waals surface area contributed by atoms with Crippen molar-refractivity contribution in [3.05, 3.63) is 29.8 Å². The first-order valence-corrected chi connectivity index (χ1v) is 8.92. The molecule has 1 aromatic carbocycles. The lowest BCUT2D eigenvalue weighted by Gasteiger charge is -2.17. The highest BCUT2D eigenvalue weighted by atomic mass is 32.2. The number of nitrogens with one attached hydrogen (secondary N) is 2. The molecule has 24 heavy (non-hydrogen) atoms. The van der Waals surface area contributed by atoms with Crippen LogP contribution in [0.2, 0.25) is 0 Å². The summed E-state index contributed by atoms with van der Waals surface area (Å²) in [6.07, 6.45) is -0.140. The molecule has 9 heteroatoms. The van der Waals surface area contributed by atoms with Crippen molar-refractivity contribution >= 4 is 22.0 Å². The minimum Gasteiger partial charge on any atom is -0.481 e. The number of nitrogens with zero attached hydrogens (tertiary/aromatic N) is 1. The molecule has 0 aliphatic rings. The fourth-order valence-electron chi connectivity index (χ4n) is 1.88. The topological polar surface area (TPSA) is 116 Å². The molecule has 8 nitrogen and oxygen atoms in total. The number of hydrogen-bond donors (Lipinski definition) is 3. The van der Waals surface area contributed by atoms with Crippen LogP contribution < -0.4 is 10.0 Å². The molecule has 0 aliphatic carbocycles. The fourth-order valence-corrected chi connectivity index (χ4v) is 3.20. The Balaban J connectivity index is 2.68. The van der Waals surface area contributed by atoms with Gasteiger partial charge in [0.25, 0.3) is 0 Å². The van der Waals surface area contributed by atoms with E-state index in [1.54, 1.807) is 26.0 Å². The van der Waals surface area contributed by atoms with Gasteiger partial charge >= 0.3 is 12.0 Å². The Bertz CT molecular complexity index is 688. The van der Waals surface area contributed by atoms with Gasteiger partial charge in [0.1, 0.15) is 0 Å². The van der Waals surface area contributed by atoms with Crippen molar-refractivity contribution in [3.8, 4) is 0 Å². The predicted octanol–water partition coefficient (Wildman–Crippen LogP) is 0.989. The average molecular weight is 357 g/mol. The van der Waals surface area contributed by atoms with E-state index < -0.39 is 22.0 Å². The molecular weight excluding hydrogens is 334 g/mol. The van der Waals surface area contributed by atoms with Gasteiger partial charge in [0, 0.05) is 26.2 Å². The lowest BCUT2D eigenvalue weighted by molar-refractivity contribution is -0.137. The summed E-state index contributed by atoms with van der Waals surface area (Å²) in [6, 6.07) is 5.62. The van der Waals surface area contributed by atoms with Crippen LogP contribution in [-0.4, -0.2) is 50.1 Å². The normalized spacial score (nSPS) is 11.3. The van der Waals surface area contributed by atoms with Crippen LogP contribution in [-0.2, 0) is 21.4 Å². The van der Waals surface area contributed by atoms with E-state index in [0.29, 0.717) is 5.56 Å². The number of carboxylic acids is 1. The van der Waals surface area contributed by atoms with E-state index in [4.69, 9.17) is 5.11 Å². The van der Waals surface area contributed by atoms with Crippen LogP contribution in [0, 0.1) is 0 Å². The van der Waals surface area contributed by atoms with E-state index in [2.05, 4.69) is 10.0 Å². The Morgan fingerprint density at radius 3 is 2.54 bits per heavy atom. The number of benzene rings is 1. The molecule has 3 N–H and O–H groups in total. The largest absolute Gasteiger partial charge is 0.481 e. The van der Waals surface area contributed by atoms with Gasteiger partial charge in [0.15, 0.2) is 0 Å². The second-order valence-electron chi connectivity index (χ2n) is 5.65. The zero-order valence-corrected chi connectivity index (χ0v) is 14.8. The summed E-state index contributed by atoms with van der Waals surface area (Å²) in [4.78, 5) is 23.7. The minimum absolute atomic E-state index is 0.0912. The third-order valence-corrected chi connectivity index (χ3v) is 4.71. The van der Waals surface area contributed by atoms with Crippen LogP contribution in [0.25, 0.3) is 0 Å². The summed E-state index contributed by atoms with van der Waals surface area (Å²) in [7, 11) is -2.10. The maximum atomic E-state index is 12.1. The molecule has 0 bridgehead atoms. The molecular formula is C15H23N3O5S. The molecule has 0 aliphatic heterocycles. The molecule has 0 saturated carbocycles. The van der Waals surface area contributed by atoms with Gasteiger partial charge in [0.2, 0.25) is 10.0 Å². The summed E-state index contributed by atoms with van der Waals surface area (Å²) < 4.78 is 26.7. The fraction of sp³-hybridized carbons (Fsp3) is 0.467. The summed E-state index contributed by atoms with van der Waals surface area (Å²) in [5.41, 5.74) is 0.626. The Morgan fingerprint density at radius 1 is 1.29 bits per heavy atom. The second kappa shape index (κ2) is 8.65. The Kier molecular flexibility index (Phi) is 7.18. The number of carbonyl (C=O) groups is 2.